The Morgan fingerprint density at radius 2 is 1.14 bits per heavy atom. The van der Waals surface area contributed by atoms with E-state index in [1.54, 1.807) is 0 Å². The standard InChI is InChI=1S/C11H25NOS/c12-13-10-8-6-4-2-1-3-5-7-9-11-14/h14H,1-12H2. The molecule has 0 fully saturated rings. The highest BCUT2D eigenvalue weighted by Gasteiger charge is 1.92. The molecule has 2 nitrogen and oxygen atoms in total. The summed E-state index contributed by atoms with van der Waals surface area (Å²) in [5, 5.41) is 0. The van der Waals surface area contributed by atoms with Crippen molar-refractivity contribution in [3.63, 3.8) is 0 Å². The molecule has 0 saturated carbocycles. The van der Waals surface area contributed by atoms with Gasteiger partial charge < -0.3 is 4.84 Å². The summed E-state index contributed by atoms with van der Waals surface area (Å²) in [7, 11) is 0. The average molecular weight is 219 g/mol. The largest absolute Gasteiger partial charge is 0.305 e. The van der Waals surface area contributed by atoms with Crippen LogP contribution in [0, 0.1) is 0 Å². The minimum Gasteiger partial charge on any atom is -0.305 e. The molecule has 0 radical (unpaired) electrons. The quantitative estimate of drug-likeness (QED) is 0.318. The molecule has 0 saturated heterocycles. The number of hydrogen-bond acceptors (Lipinski definition) is 3. The van der Waals surface area contributed by atoms with E-state index in [1.807, 2.05) is 0 Å². The lowest BCUT2D eigenvalue weighted by Crippen LogP contribution is -2.00. The van der Waals surface area contributed by atoms with Gasteiger partial charge in [-0.2, -0.15) is 12.6 Å². The van der Waals surface area contributed by atoms with E-state index in [0.717, 1.165) is 12.2 Å². The molecule has 0 aliphatic carbocycles. The predicted molar refractivity (Wildman–Crippen MR) is 65.5 cm³/mol. The molecule has 0 spiro atoms. The summed E-state index contributed by atoms with van der Waals surface area (Å²) >= 11 is 4.19. The summed E-state index contributed by atoms with van der Waals surface area (Å²) in [5.74, 6) is 5.97. The Morgan fingerprint density at radius 3 is 1.57 bits per heavy atom. The van der Waals surface area contributed by atoms with Gasteiger partial charge in [-0.3, -0.25) is 0 Å². The van der Waals surface area contributed by atoms with Crippen molar-refractivity contribution >= 4 is 12.6 Å². The molecule has 0 aliphatic heterocycles. The summed E-state index contributed by atoms with van der Waals surface area (Å²) < 4.78 is 0. The van der Waals surface area contributed by atoms with Gasteiger partial charge in [0.05, 0.1) is 6.61 Å². The fourth-order valence-corrected chi connectivity index (χ4v) is 1.76. The smallest absolute Gasteiger partial charge is 0.0679 e. The Hall–Kier alpha value is 0.270. The Balaban J connectivity index is 2.78. The number of nitrogens with two attached hydrogens (primary N) is 1. The van der Waals surface area contributed by atoms with E-state index in [0.29, 0.717) is 6.61 Å². The zero-order chi connectivity index (χ0) is 10.5. The summed E-state index contributed by atoms with van der Waals surface area (Å²) in [4.78, 5) is 4.51. The van der Waals surface area contributed by atoms with E-state index in [-0.39, 0.29) is 0 Å². The Morgan fingerprint density at radius 1 is 0.714 bits per heavy atom. The normalized spacial score (nSPS) is 10.7. The van der Waals surface area contributed by atoms with Crippen LogP contribution in [-0.2, 0) is 4.84 Å². The van der Waals surface area contributed by atoms with E-state index >= 15 is 0 Å². The van der Waals surface area contributed by atoms with Crippen LogP contribution in [0.5, 0.6) is 0 Å². The summed E-state index contributed by atoms with van der Waals surface area (Å²) in [6, 6.07) is 0. The monoisotopic (exact) mass is 219 g/mol. The first kappa shape index (κ1) is 14.3. The highest BCUT2D eigenvalue weighted by molar-refractivity contribution is 7.80. The Labute approximate surface area is 94.0 Å². The highest BCUT2D eigenvalue weighted by Crippen LogP contribution is 2.09. The molecule has 0 aromatic carbocycles. The first-order valence-corrected chi connectivity index (χ1v) is 6.47. The van der Waals surface area contributed by atoms with Crippen LogP contribution >= 0.6 is 12.6 Å². The molecule has 0 bridgehead atoms. The van der Waals surface area contributed by atoms with Gasteiger partial charge in [0.1, 0.15) is 0 Å². The molecule has 0 atom stereocenters. The van der Waals surface area contributed by atoms with Gasteiger partial charge in [0.25, 0.3) is 0 Å². The van der Waals surface area contributed by atoms with Crippen molar-refractivity contribution in [3.05, 3.63) is 0 Å². The van der Waals surface area contributed by atoms with Crippen molar-refractivity contribution in [2.45, 2.75) is 57.8 Å². The molecule has 0 aliphatic rings. The maximum Gasteiger partial charge on any atom is 0.0679 e. The predicted octanol–water partition coefficient (Wildman–Crippen LogP) is 3.32. The van der Waals surface area contributed by atoms with Gasteiger partial charge in [-0.05, 0) is 18.6 Å². The van der Waals surface area contributed by atoms with Gasteiger partial charge in [-0.15, -0.1) is 0 Å². The maximum absolute atomic E-state index is 4.93. The van der Waals surface area contributed by atoms with E-state index in [1.165, 1.54) is 51.4 Å². The third-order valence-corrected chi connectivity index (χ3v) is 2.74. The maximum atomic E-state index is 4.93. The zero-order valence-electron chi connectivity index (χ0n) is 9.21. The highest BCUT2D eigenvalue weighted by atomic mass is 32.1. The van der Waals surface area contributed by atoms with E-state index in [4.69, 9.17) is 5.90 Å². The molecule has 3 heteroatoms. The van der Waals surface area contributed by atoms with Crippen LogP contribution in [0.2, 0.25) is 0 Å². The number of rotatable bonds is 11. The fourth-order valence-electron chi connectivity index (χ4n) is 1.53. The second-order valence-corrected chi connectivity index (χ2v) is 4.22. The molecular formula is C11H25NOS. The summed E-state index contributed by atoms with van der Waals surface area (Å²) in [6.07, 6.45) is 11.8. The van der Waals surface area contributed by atoms with Crippen LogP contribution in [0.4, 0.5) is 0 Å². The Bertz CT molecular complexity index is 89.3. The second-order valence-electron chi connectivity index (χ2n) is 3.78. The van der Waals surface area contributed by atoms with Crippen molar-refractivity contribution in [1.29, 1.82) is 0 Å². The van der Waals surface area contributed by atoms with Crippen molar-refractivity contribution in [1.82, 2.24) is 0 Å². The van der Waals surface area contributed by atoms with Crippen LogP contribution in [0.3, 0.4) is 0 Å². The summed E-state index contributed by atoms with van der Waals surface area (Å²) in [6.45, 7) is 0.710. The molecular weight excluding hydrogens is 194 g/mol. The number of unbranched alkanes of at least 4 members (excludes halogenated alkanes) is 8. The van der Waals surface area contributed by atoms with Gasteiger partial charge >= 0.3 is 0 Å². The second kappa shape index (κ2) is 13.3. The summed E-state index contributed by atoms with van der Waals surface area (Å²) in [5.41, 5.74) is 0. The van der Waals surface area contributed by atoms with Crippen molar-refractivity contribution in [2.24, 2.45) is 5.90 Å². The van der Waals surface area contributed by atoms with Crippen molar-refractivity contribution < 1.29 is 4.84 Å². The fraction of sp³-hybridized carbons (Fsp3) is 1.00. The molecule has 0 rings (SSSR count). The molecule has 14 heavy (non-hydrogen) atoms. The third kappa shape index (κ3) is 12.3. The van der Waals surface area contributed by atoms with Crippen LogP contribution in [0.25, 0.3) is 0 Å². The SMILES string of the molecule is NOCCCCCCCCCCCS. The molecule has 2 N–H and O–H groups in total. The van der Waals surface area contributed by atoms with Gasteiger partial charge in [-0.1, -0.05) is 44.9 Å². The Kier molecular flexibility index (Phi) is 13.5. The van der Waals surface area contributed by atoms with E-state index in [9.17, 15) is 0 Å². The first-order chi connectivity index (χ1) is 6.91. The molecule has 86 valence electrons. The zero-order valence-corrected chi connectivity index (χ0v) is 10.1. The molecule has 0 heterocycles. The van der Waals surface area contributed by atoms with Crippen LogP contribution in [0.15, 0.2) is 0 Å². The molecule has 0 unspecified atom stereocenters. The van der Waals surface area contributed by atoms with E-state index < -0.39 is 0 Å². The van der Waals surface area contributed by atoms with Gasteiger partial charge in [0, 0.05) is 0 Å². The lowest BCUT2D eigenvalue weighted by molar-refractivity contribution is 0.133. The van der Waals surface area contributed by atoms with Gasteiger partial charge in [0.15, 0.2) is 0 Å². The van der Waals surface area contributed by atoms with Crippen LogP contribution in [-0.4, -0.2) is 12.4 Å². The van der Waals surface area contributed by atoms with E-state index in [2.05, 4.69) is 17.5 Å². The minimum absolute atomic E-state index is 0.710. The average Bonchev–Trinajstić information content (AvgIpc) is 2.21. The number of hydrogen-bond donors (Lipinski definition) is 2. The van der Waals surface area contributed by atoms with Crippen LogP contribution in [0.1, 0.15) is 57.8 Å². The lowest BCUT2D eigenvalue weighted by atomic mass is 10.1. The van der Waals surface area contributed by atoms with Crippen molar-refractivity contribution in [3.8, 4) is 0 Å². The van der Waals surface area contributed by atoms with Gasteiger partial charge in [-0.25, -0.2) is 5.90 Å². The first-order valence-electron chi connectivity index (χ1n) is 5.84. The molecule has 0 aromatic heterocycles. The topological polar surface area (TPSA) is 35.2 Å². The number of thiol groups is 1. The van der Waals surface area contributed by atoms with Crippen molar-refractivity contribution in [2.75, 3.05) is 12.4 Å². The van der Waals surface area contributed by atoms with Gasteiger partial charge in [0.2, 0.25) is 0 Å². The van der Waals surface area contributed by atoms with Crippen LogP contribution < -0.4 is 5.90 Å². The lowest BCUT2D eigenvalue weighted by Gasteiger charge is -2.01. The molecule has 0 amide bonds. The molecule has 0 aromatic rings. The third-order valence-electron chi connectivity index (χ3n) is 2.42. The minimum atomic E-state index is 0.710.